The highest BCUT2D eigenvalue weighted by Crippen LogP contribution is 2.23. The van der Waals surface area contributed by atoms with E-state index in [0.717, 1.165) is 10.7 Å². The first-order valence-corrected chi connectivity index (χ1v) is 6.91. The van der Waals surface area contributed by atoms with E-state index in [0.29, 0.717) is 11.4 Å². The van der Waals surface area contributed by atoms with E-state index in [-0.39, 0.29) is 18.9 Å². The number of thiazole rings is 1. The van der Waals surface area contributed by atoms with Crippen LogP contribution in [0.15, 0.2) is 11.7 Å². The van der Waals surface area contributed by atoms with Gasteiger partial charge >= 0.3 is 5.97 Å². The second kappa shape index (κ2) is 4.71. The molecule has 2 aromatic heterocycles. The summed E-state index contributed by atoms with van der Waals surface area (Å²) in [5, 5.41) is 11.8. The maximum Gasteiger partial charge on any atom is 0.326 e. The number of carbonyl (C=O) groups is 2. The van der Waals surface area contributed by atoms with Gasteiger partial charge in [0.1, 0.15) is 11.7 Å². The highest BCUT2D eigenvalue weighted by Gasteiger charge is 2.36. The normalized spacial score (nSPS) is 17.9. The van der Waals surface area contributed by atoms with Gasteiger partial charge in [-0.1, -0.05) is 0 Å². The summed E-state index contributed by atoms with van der Waals surface area (Å²) in [7, 11) is 0. The first-order chi connectivity index (χ1) is 9.56. The van der Waals surface area contributed by atoms with Crippen LogP contribution in [0.4, 0.5) is 0 Å². The van der Waals surface area contributed by atoms with Crippen LogP contribution in [0.2, 0.25) is 0 Å². The van der Waals surface area contributed by atoms with Crippen LogP contribution in [0.5, 0.6) is 0 Å². The number of fused-ring (bicyclic) bond motifs is 1. The zero-order chi connectivity index (χ0) is 14.3. The monoisotopic (exact) mass is 292 g/mol. The van der Waals surface area contributed by atoms with Gasteiger partial charge in [0, 0.05) is 11.8 Å². The van der Waals surface area contributed by atoms with Gasteiger partial charge in [-0.15, -0.1) is 11.3 Å². The Kier molecular flexibility index (Phi) is 3.01. The minimum atomic E-state index is -1.03. The molecule has 1 amide bonds. The second-order valence-corrected chi connectivity index (χ2v) is 5.63. The van der Waals surface area contributed by atoms with E-state index in [1.807, 2.05) is 0 Å². The van der Waals surface area contributed by atoms with Gasteiger partial charge in [-0.05, 0) is 6.92 Å². The Bertz CT molecular complexity index is 678. The molecule has 0 bridgehead atoms. The Morgan fingerprint density at radius 3 is 3.00 bits per heavy atom. The number of hydrogen-bond acceptors (Lipinski definition) is 5. The number of aliphatic carboxylic acids is 1. The molecule has 1 aliphatic heterocycles. The zero-order valence-corrected chi connectivity index (χ0v) is 11.5. The Balaban J connectivity index is 1.94. The molecule has 1 unspecified atom stereocenters. The van der Waals surface area contributed by atoms with Crippen molar-refractivity contribution in [1.82, 2.24) is 19.9 Å². The van der Waals surface area contributed by atoms with Crippen molar-refractivity contribution in [3.05, 3.63) is 33.8 Å². The number of nitrogens with one attached hydrogen (secondary N) is 1. The number of carbonyl (C=O) groups excluding carboxylic acids is 1. The van der Waals surface area contributed by atoms with E-state index < -0.39 is 12.0 Å². The van der Waals surface area contributed by atoms with E-state index in [1.165, 1.54) is 22.6 Å². The fourth-order valence-corrected chi connectivity index (χ4v) is 2.87. The number of aryl methyl sites for hydroxylation is 1. The predicted octanol–water partition coefficient (Wildman–Crippen LogP) is 0.826. The minimum absolute atomic E-state index is 0.210. The van der Waals surface area contributed by atoms with Gasteiger partial charge in [-0.3, -0.25) is 4.79 Å². The number of rotatable bonds is 2. The SMILES string of the molecule is Cc1nc(C(=O)N2Cc3[nH]cnc3CC2C(=O)O)cs1. The first-order valence-electron chi connectivity index (χ1n) is 6.03. The highest BCUT2D eigenvalue weighted by molar-refractivity contribution is 7.09. The summed E-state index contributed by atoms with van der Waals surface area (Å²) in [4.78, 5) is 36.3. The summed E-state index contributed by atoms with van der Waals surface area (Å²) in [6.45, 7) is 2.01. The molecule has 2 N–H and O–H groups in total. The number of aromatic amines is 1. The smallest absolute Gasteiger partial charge is 0.326 e. The van der Waals surface area contributed by atoms with Crippen molar-refractivity contribution in [3.63, 3.8) is 0 Å². The first kappa shape index (κ1) is 12.8. The average molecular weight is 292 g/mol. The molecule has 3 rings (SSSR count). The molecule has 7 nitrogen and oxygen atoms in total. The van der Waals surface area contributed by atoms with E-state index in [2.05, 4.69) is 15.0 Å². The number of H-pyrrole nitrogens is 1. The molecule has 20 heavy (non-hydrogen) atoms. The maximum absolute atomic E-state index is 12.4. The van der Waals surface area contributed by atoms with E-state index in [4.69, 9.17) is 0 Å². The van der Waals surface area contributed by atoms with E-state index in [1.54, 1.807) is 12.3 Å². The lowest BCUT2D eigenvalue weighted by atomic mass is 10.0. The summed E-state index contributed by atoms with van der Waals surface area (Å²) in [5.74, 6) is -1.39. The molecule has 8 heteroatoms. The zero-order valence-electron chi connectivity index (χ0n) is 10.7. The third kappa shape index (κ3) is 2.07. The topological polar surface area (TPSA) is 99.2 Å². The molecule has 2 aromatic rings. The number of aromatic nitrogens is 3. The van der Waals surface area contributed by atoms with Crippen LogP contribution >= 0.6 is 11.3 Å². The van der Waals surface area contributed by atoms with Crippen LogP contribution in [-0.4, -0.2) is 42.9 Å². The second-order valence-electron chi connectivity index (χ2n) is 4.57. The summed E-state index contributed by atoms with van der Waals surface area (Å²) < 4.78 is 0. The molecule has 1 aliphatic rings. The molecule has 0 aromatic carbocycles. The van der Waals surface area contributed by atoms with Crippen LogP contribution < -0.4 is 0 Å². The lowest BCUT2D eigenvalue weighted by molar-refractivity contribution is -0.142. The van der Waals surface area contributed by atoms with E-state index >= 15 is 0 Å². The number of amides is 1. The molecule has 104 valence electrons. The minimum Gasteiger partial charge on any atom is -0.480 e. The molecule has 0 saturated carbocycles. The largest absolute Gasteiger partial charge is 0.480 e. The van der Waals surface area contributed by atoms with Gasteiger partial charge in [-0.2, -0.15) is 0 Å². The lowest BCUT2D eigenvalue weighted by Gasteiger charge is -2.31. The summed E-state index contributed by atoms with van der Waals surface area (Å²) in [6.07, 6.45) is 1.73. The van der Waals surface area contributed by atoms with Crippen LogP contribution in [-0.2, 0) is 17.8 Å². The molecule has 1 atom stereocenters. The molecule has 0 aliphatic carbocycles. The number of carboxylic acid groups (broad SMARTS) is 1. The van der Waals surface area contributed by atoms with Gasteiger partial charge in [0.25, 0.3) is 5.91 Å². The van der Waals surface area contributed by atoms with Crippen molar-refractivity contribution in [3.8, 4) is 0 Å². The Morgan fingerprint density at radius 2 is 2.35 bits per heavy atom. The maximum atomic E-state index is 12.4. The standard InChI is InChI=1S/C12H12N4O3S/c1-6-15-9(4-20-6)11(17)16-3-8-7(13-5-14-8)2-10(16)12(18)19/h4-5,10H,2-3H2,1H3,(H,13,14)(H,18,19). The molecule has 0 spiro atoms. The number of carboxylic acids is 1. The van der Waals surface area contributed by atoms with Crippen molar-refractivity contribution in [1.29, 1.82) is 0 Å². The summed E-state index contributed by atoms with van der Waals surface area (Å²) in [5.41, 5.74) is 1.78. The molecule has 0 radical (unpaired) electrons. The summed E-state index contributed by atoms with van der Waals surface area (Å²) in [6, 6.07) is -0.902. The van der Waals surface area contributed by atoms with Gasteiger partial charge in [-0.25, -0.2) is 14.8 Å². The van der Waals surface area contributed by atoms with Gasteiger partial charge in [0.2, 0.25) is 0 Å². The molecule has 3 heterocycles. The summed E-state index contributed by atoms with van der Waals surface area (Å²) >= 11 is 1.37. The van der Waals surface area contributed by atoms with Crippen LogP contribution in [0.3, 0.4) is 0 Å². The average Bonchev–Trinajstić information content (AvgIpc) is 3.04. The van der Waals surface area contributed by atoms with Crippen molar-refractivity contribution in [2.75, 3.05) is 0 Å². The van der Waals surface area contributed by atoms with Crippen LogP contribution in [0.25, 0.3) is 0 Å². The number of nitrogens with zero attached hydrogens (tertiary/aromatic N) is 3. The number of imidazole rings is 1. The Morgan fingerprint density at radius 1 is 1.55 bits per heavy atom. The van der Waals surface area contributed by atoms with Gasteiger partial charge < -0.3 is 15.0 Å². The van der Waals surface area contributed by atoms with E-state index in [9.17, 15) is 14.7 Å². The highest BCUT2D eigenvalue weighted by atomic mass is 32.1. The molecular formula is C12H12N4O3S. The van der Waals surface area contributed by atoms with Gasteiger partial charge in [0.15, 0.2) is 0 Å². The van der Waals surface area contributed by atoms with Crippen molar-refractivity contribution >= 4 is 23.2 Å². The molecular weight excluding hydrogens is 280 g/mol. The van der Waals surface area contributed by atoms with Crippen LogP contribution in [0, 0.1) is 6.92 Å². The fourth-order valence-electron chi connectivity index (χ4n) is 2.28. The third-order valence-electron chi connectivity index (χ3n) is 3.28. The van der Waals surface area contributed by atoms with Crippen molar-refractivity contribution in [2.24, 2.45) is 0 Å². The number of hydrogen-bond donors (Lipinski definition) is 2. The Hall–Kier alpha value is -2.22. The third-order valence-corrected chi connectivity index (χ3v) is 4.06. The fraction of sp³-hybridized carbons (Fsp3) is 0.333. The predicted molar refractivity (Wildman–Crippen MR) is 70.4 cm³/mol. The van der Waals surface area contributed by atoms with Crippen molar-refractivity contribution < 1.29 is 14.7 Å². The lowest BCUT2D eigenvalue weighted by Crippen LogP contribution is -2.48. The van der Waals surface area contributed by atoms with Gasteiger partial charge in [0.05, 0.1) is 29.3 Å². The van der Waals surface area contributed by atoms with Crippen LogP contribution in [0.1, 0.15) is 26.9 Å². The quantitative estimate of drug-likeness (QED) is 0.854. The molecule has 0 saturated heterocycles. The Labute approximate surface area is 118 Å². The van der Waals surface area contributed by atoms with Crippen molar-refractivity contribution in [2.45, 2.75) is 25.9 Å². The molecule has 0 fully saturated rings.